The van der Waals surface area contributed by atoms with Crippen LogP contribution in [-0.2, 0) is 12.7 Å². The monoisotopic (exact) mass is 513 g/mol. The average molecular weight is 514 g/mol. The maximum Gasteiger partial charge on any atom is 0.433 e. The number of anilines is 3. The van der Waals surface area contributed by atoms with E-state index in [2.05, 4.69) is 30.9 Å². The van der Waals surface area contributed by atoms with Crippen molar-refractivity contribution in [1.82, 2.24) is 15.3 Å². The molecule has 3 rings (SSSR count). The summed E-state index contributed by atoms with van der Waals surface area (Å²) in [7, 11) is 0. The van der Waals surface area contributed by atoms with E-state index in [-0.39, 0.29) is 22.5 Å². The van der Waals surface area contributed by atoms with Crippen LogP contribution in [0.15, 0.2) is 47.5 Å². The molecule has 0 aliphatic rings. The number of alkyl halides is 3. The number of nitrogens with one attached hydrogen (secondary N) is 3. The molecule has 0 aliphatic carbocycles. The van der Waals surface area contributed by atoms with Crippen molar-refractivity contribution in [3.63, 3.8) is 0 Å². The van der Waals surface area contributed by atoms with Gasteiger partial charge in [0.15, 0.2) is 5.69 Å². The summed E-state index contributed by atoms with van der Waals surface area (Å²) >= 11 is 11.8. The zero-order chi connectivity index (χ0) is 24.9. The molecule has 34 heavy (non-hydrogen) atoms. The number of guanidine groups is 1. The van der Waals surface area contributed by atoms with Crippen LogP contribution in [0.1, 0.15) is 18.2 Å². The van der Waals surface area contributed by atoms with Gasteiger partial charge in [-0.05, 0) is 42.9 Å². The molecule has 0 fully saturated rings. The molecule has 0 radical (unpaired) electrons. The van der Waals surface area contributed by atoms with Crippen LogP contribution in [0, 0.1) is 0 Å². The fraction of sp³-hybridized carbons (Fsp3) is 0.190. The minimum absolute atomic E-state index is 0.0524. The molecule has 0 saturated heterocycles. The van der Waals surface area contributed by atoms with Gasteiger partial charge in [0.25, 0.3) is 5.95 Å². The largest absolute Gasteiger partial charge is 0.508 e. The molecule has 2 aromatic carbocycles. The summed E-state index contributed by atoms with van der Waals surface area (Å²) in [6, 6.07) is 9.83. The van der Waals surface area contributed by atoms with Crippen molar-refractivity contribution in [2.24, 2.45) is 10.7 Å². The first-order chi connectivity index (χ1) is 16.0. The van der Waals surface area contributed by atoms with Crippen LogP contribution in [0.2, 0.25) is 10.0 Å². The fourth-order valence-electron chi connectivity index (χ4n) is 2.76. The maximum atomic E-state index is 13.4. The Kier molecular flexibility index (Phi) is 8.02. The molecule has 0 aliphatic heterocycles. The number of rotatable bonds is 7. The highest BCUT2D eigenvalue weighted by Crippen LogP contribution is 2.32. The van der Waals surface area contributed by atoms with Gasteiger partial charge in [0.1, 0.15) is 11.6 Å². The van der Waals surface area contributed by atoms with Gasteiger partial charge in [-0.2, -0.15) is 23.1 Å². The number of phenolic OH excluding ortho intramolecular Hbond substituents is 1. The van der Waals surface area contributed by atoms with Crippen LogP contribution >= 0.6 is 23.2 Å². The van der Waals surface area contributed by atoms with Crippen LogP contribution in [0.4, 0.5) is 36.3 Å². The summed E-state index contributed by atoms with van der Waals surface area (Å²) in [5.41, 5.74) is 5.99. The third-order valence-corrected chi connectivity index (χ3v) is 5.07. The minimum Gasteiger partial charge on any atom is -0.508 e. The van der Waals surface area contributed by atoms with Gasteiger partial charge < -0.3 is 26.8 Å². The molecule has 1 heterocycles. The van der Waals surface area contributed by atoms with Gasteiger partial charge in [0, 0.05) is 29.5 Å². The van der Waals surface area contributed by atoms with E-state index in [1.807, 2.05) is 6.92 Å². The highest BCUT2D eigenvalue weighted by Gasteiger charge is 2.34. The Balaban J connectivity index is 1.90. The Bertz CT molecular complexity index is 1210. The van der Waals surface area contributed by atoms with Gasteiger partial charge in [-0.15, -0.1) is 0 Å². The fourth-order valence-corrected chi connectivity index (χ4v) is 3.06. The average Bonchev–Trinajstić information content (AvgIpc) is 2.76. The first kappa shape index (κ1) is 25.3. The number of aliphatic imine (C=N–C) groups is 1. The van der Waals surface area contributed by atoms with E-state index in [4.69, 9.17) is 28.9 Å². The highest BCUT2D eigenvalue weighted by atomic mass is 35.5. The van der Waals surface area contributed by atoms with Gasteiger partial charge in [0.2, 0.25) is 5.96 Å². The SMILES string of the molecule is CCNCc1cc(Nc2cc(C(F)(F)F)nc(N=C(N)Nc3ccc(Cl)c(Cl)c3)n2)ccc1O. The lowest BCUT2D eigenvalue weighted by Crippen LogP contribution is -2.22. The topological polar surface area (TPSA) is 120 Å². The van der Waals surface area contributed by atoms with Crippen LogP contribution in [0.3, 0.4) is 0 Å². The lowest BCUT2D eigenvalue weighted by atomic mass is 10.1. The summed E-state index contributed by atoms with van der Waals surface area (Å²) in [6.07, 6.45) is -4.75. The van der Waals surface area contributed by atoms with Crippen molar-refractivity contribution < 1.29 is 18.3 Å². The van der Waals surface area contributed by atoms with Crippen molar-refractivity contribution in [3.05, 3.63) is 63.8 Å². The summed E-state index contributed by atoms with van der Waals surface area (Å²) in [6.45, 7) is 2.96. The maximum absolute atomic E-state index is 13.4. The van der Waals surface area contributed by atoms with E-state index < -0.39 is 17.8 Å². The number of benzene rings is 2. The number of phenols is 1. The Labute approximate surface area is 203 Å². The standard InChI is InChI=1S/C21H20Cl2F3N7O/c1-2-28-10-11-7-12(4-6-16(11)34)29-18-9-17(21(24,25)26)31-20(32-18)33-19(27)30-13-3-5-14(22)15(23)8-13/h3-9,28,34H,2,10H2,1H3,(H4,27,29,30,31,32,33). The summed E-state index contributed by atoms with van der Waals surface area (Å²) in [4.78, 5) is 11.3. The molecule has 0 bridgehead atoms. The number of aromatic nitrogens is 2. The molecule has 0 saturated carbocycles. The summed E-state index contributed by atoms with van der Waals surface area (Å²) in [5.74, 6) is -0.893. The summed E-state index contributed by atoms with van der Waals surface area (Å²) in [5, 5.41) is 19.1. The molecule has 0 atom stereocenters. The van der Waals surface area contributed by atoms with Gasteiger partial charge in [-0.25, -0.2) is 4.98 Å². The second-order valence-electron chi connectivity index (χ2n) is 6.94. The second-order valence-corrected chi connectivity index (χ2v) is 7.75. The van der Waals surface area contributed by atoms with Crippen molar-refractivity contribution in [2.45, 2.75) is 19.6 Å². The third-order valence-electron chi connectivity index (χ3n) is 4.33. The lowest BCUT2D eigenvalue weighted by Gasteiger charge is -2.13. The van der Waals surface area contributed by atoms with E-state index in [1.165, 1.54) is 24.3 Å². The van der Waals surface area contributed by atoms with E-state index >= 15 is 0 Å². The number of halogens is 5. The van der Waals surface area contributed by atoms with Crippen molar-refractivity contribution in [3.8, 4) is 5.75 Å². The molecule has 180 valence electrons. The molecular formula is C21H20Cl2F3N7O. The zero-order valence-electron chi connectivity index (χ0n) is 17.7. The zero-order valence-corrected chi connectivity index (χ0v) is 19.2. The van der Waals surface area contributed by atoms with Gasteiger partial charge in [-0.3, -0.25) is 0 Å². The predicted octanol–water partition coefficient (Wildman–Crippen LogP) is 5.42. The van der Waals surface area contributed by atoms with Gasteiger partial charge >= 0.3 is 6.18 Å². The van der Waals surface area contributed by atoms with Crippen LogP contribution < -0.4 is 21.7 Å². The molecule has 0 amide bonds. The van der Waals surface area contributed by atoms with E-state index in [1.54, 1.807) is 12.1 Å². The Morgan fingerprint density at radius 2 is 1.79 bits per heavy atom. The van der Waals surface area contributed by atoms with Crippen molar-refractivity contribution in [1.29, 1.82) is 0 Å². The Morgan fingerprint density at radius 1 is 1.06 bits per heavy atom. The first-order valence-corrected chi connectivity index (χ1v) is 10.6. The highest BCUT2D eigenvalue weighted by molar-refractivity contribution is 6.42. The minimum atomic E-state index is -4.75. The number of nitrogens with two attached hydrogens (primary N) is 1. The van der Waals surface area contributed by atoms with Crippen molar-refractivity contribution in [2.75, 3.05) is 17.2 Å². The van der Waals surface area contributed by atoms with Gasteiger partial charge in [0.05, 0.1) is 10.0 Å². The van der Waals surface area contributed by atoms with Crippen LogP contribution in [0.25, 0.3) is 0 Å². The number of aromatic hydroxyl groups is 1. The van der Waals surface area contributed by atoms with E-state index in [0.29, 0.717) is 35.1 Å². The van der Waals surface area contributed by atoms with E-state index in [0.717, 1.165) is 6.07 Å². The predicted molar refractivity (Wildman–Crippen MR) is 127 cm³/mol. The number of nitrogens with zero attached hydrogens (tertiary/aromatic N) is 3. The molecule has 8 nitrogen and oxygen atoms in total. The third kappa shape index (κ3) is 6.86. The van der Waals surface area contributed by atoms with Gasteiger partial charge in [-0.1, -0.05) is 30.1 Å². The van der Waals surface area contributed by atoms with Crippen LogP contribution in [-0.4, -0.2) is 27.6 Å². The smallest absolute Gasteiger partial charge is 0.433 e. The van der Waals surface area contributed by atoms with Crippen LogP contribution in [0.5, 0.6) is 5.75 Å². The molecular weight excluding hydrogens is 494 g/mol. The first-order valence-electron chi connectivity index (χ1n) is 9.87. The van der Waals surface area contributed by atoms with Crippen molar-refractivity contribution >= 4 is 52.3 Å². The Morgan fingerprint density at radius 3 is 2.47 bits per heavy atom. The molecule has 0 unspecified atom stereocenters. The quantitative estimate of drug-likeness (QED) is 0.162. The number of hydrogen-bond acceptors (Lipinski definition) is 6. The molecule has 13 heteroatoms. The molecule has 0 spiro atoms. The second kappa shape index (κ2) is 10.8. The molecule has 1 aromatic heterocycles. The molecule has 3 aromatic rings. The normalized spacial score (nSPS) is 12.0. The summed E-state index contributed by atoms with van der Waals surface area (Å²) < 4.78 is 40.3. The number of hydrogen-bond donors (Lipinski definition) is 5. The lowest BCUT2D eigenvalue weighted by molar-refractivity contribution is -0.141. The molecule has 6 N–H and O–H groups in total. The van der Waals surface area contributed by atoms with E-state index in [9.17, 15) is 18.3 Å². The Hall–Kier alpha value is -3.28.